The Morgan fingerprint density at radius 1 is 1.15 bits per heavy atom. The van der Waals surface area contributed by atoms with Gasteiger partial charge in [-0.1, -0.05) is 0 Å². The molecule has 1 aromatic heterocycles. The van der Waals surface area contributed by atoms with E-state index in [2.05, 4.69) is 11.9 Å². The average molecular weight is 356 g/mol. The zero-order valence-corrected chi connectivity index (χ0v) is 14.5. The molecule has 136 valence electrons. The molecule has 2 aliphatic heterocycles. The van der Waals surface area contributed by atoms with Gasteiger partial charge in [0, 0.05) is 42.6 Å². The highest BCUT2D eigenvalue weighted by Crippen LogP contribution is 2.36. The number of esters is 1. The minimum absolute atomic E-state index is 0.0110. The molecule has 26 heavy (non-hydrogen) atoms. The van der Waals surface area contributed by atoms with Crippen LogP contribution in [-0.4, -0.2) is 41.0 Å². The first-order chi connectivity index (χ1) is 12.5. The van der Waals surface area contributed by atoms with Crippen LogP contribution in [0.15, 0.2) is 40.8 Å². The standard InChI is InChI=1S/C19H20N2O5/c1-20-14-6-7-15(20)11-16(10-14)25-19(22)18-9-8-17(26-18)12-2-4-13(5-3-12)21(23)24/h2-5,8-9,14-16H,6-7,10-11H2,1H3. The van der Waals surface area contributed by atoms with E-state index in [1.807, 2.05) is 0 Å². The van der Waals surface area contributed by atoms with Crippen molar-refractivity contribution in [3.05, 3.63) is 52.3 Å². The molecular weight excluding hydrogens is 336 g/mol. The summed E-state index contributed by atoms with van der Waals surface area (Å²) in [5.41, 5.74) is 0.684. The minimum Gasteiger partial charge on any atom is -0.456 e. The molecule has 2 saturated heterocycles. The van der Waals surface area contributed by atoms with Crippen molar-refractivity contribution in [1.29, 1.82) is 0 Å². The van der Waals surface area contributed by atoms with Gasteiger partial charge in [0.15, 0.2) is 0 Å². The Labute approximate surface area is 150 Å². The van der Waals surface area contributed by atoms with Crippen LogP contribution in [-0.2, 0) is 4.74 Å². The van der Waals surface area contributed by atoms with Crippen LogP contribution in [0.5, 0.6) is 0 Å². The lowest BCUT2D eigenvalue weighted by molar-refractivity contribution is -0.384. The van der Waals surface area contributed by atoms with Crippen molar-refractivity contribution in [2.24, 2.45) is 0 Å². The summed E-state index contributed by atoms with van der Waals surface area (Å²) in [4.78, 5) is 25.1. The molecule has 0 amide bonds. The van der Waals surface area contributed by atoms with E-state index in [9.17, 15) is 14.9 Å². The predicted octanol–water partition coefficient (Wildman–Crippen LogP) is 3.64. The van der Waals surface area contributed by atoms with Gasteiger partial charge in [0.25, 0.3) is 5.69 Å². The summed E-state index contributed by atoms with van der Waals surface area (Å²) in [5.74, 6) is 0.187. The quantitative estimate of drug-likeness (QED) is 0.472. The third kappa shape index (κ3) is 3.10. The van der Waals surface area contributed by atoms with Crippen LogP contribution < -0.4 is 0 Å². The Morgan fingerprint density at radius 3 is 2.42 bits per heavy atom. The van der Waals surface area contributed by atoms with Crippen molar-refractivity contribution >= 4 is 11.7 Å². The van der Waals surface area contributed by atoms with Crippen molar-refractivity contribution in [3.8, 4) is 11.3 Å². The summed E-state index contributed by atoms with van der Waals surface area (Å²) in [7, 11) is 2.14. The van der Waals surface area contributed by atoms with Crippen LogP contribution in [0.1, 0.15) is 36.2 Å². The second-order valence-corrected chi connectivity index (χ2v) is 7.02. The minimum atomic E-state index is -0.455. The number of nitrogens with zero attached hydrogens (tertiary/aromatic N) is 2. The average Bonchev–Trinajstić information content (AvgIpc) is 3.18. The molecule has 2 fully saturated rings. The van der Waals surface area contributed by atoms with Crippen LogP contribution in [0.4, 0.5) is 5.69 Å². The monoisotopic (exact) mass is 356 g/mol. The van der Waals surface area contributed by atoms with Crippen LogP contribution >= 0.6 is 0 Å². The van der Waals surface area contributed by atoms with Crippen molar-refractivity contribution in [2.45, 2.75) is 43.9 Å². The highest BCUT2D eigenvalue weighted by atomic mass is 16.6. The molecule has 2 atom stereocenters. The molecule has 2 bridgehead atoms. The molecule has 0 spiro atoms. The van der Waals surface area contributed by atoms with Gasteiger partial charge in [0.1, 0.15) is 11.9 Å². The lowest BCUT2D eigenvalue weighted by Gasteiger charge is -2.35. The molecule has 2 aliphatic rings. The van der Waals surface area contributed by atoms with Crippen LogP contribution in [0.25, 0.3) is 11.3 Å². The molecule has 4 rings (SSSR count). The number of carbonyl (C=O) groups excluding carboxylic acids is 1. The number of rotatable bonds is 4. The lowest BCUT2D eigenvalue weighted by atomic mass is 10.0. The fraction of sp³-hybridized carbons (Fsp3) is 0.421. The van der Waals surface area contributed by atoms with Gasteiger partial charge >= 0.3 is 5.97 Å². The molecule has 7 nitrogen and oxygen atoms in total. The molecule has 1 aromatic carbocycles. The Bertz CT molecular complexity index is 815. The van der Waals surface area contributed by atoms with Crippen LogP contribution in [0.2, 0.25) is 0 Å². The number of ether oxygens (including phenoxy) is 1. The van der Waals surface area contributed by atoms with Crippen molar-refractivity contribution in [3.63, 3.8) is 0 Å². The zero-order chi connectivity index (χ0) is 18.3. The number of nitro groups is 1. The number of carbonyl (C=O) groups is 1. The summed E-state index contributed by atoms with van der Waals surface area (Å²) in [5, 5.41) is 10.7. The number of hydrogen-bond donors (Lipinski definition) is 0. The third-order valence-electron chi connectivity index (χ3n) is 5.50. The maximum atomic E-state index is 12.4. The SMILES string of the molecule is CN1C2CCC1CC(OC(=O)c1ccc(-c3ccc([N+](=O)[O-])cc3)o1)C2. The number of piperidine rings is 1. The molecule has 0 N–H and O–H groups in total. The summed E-state index contributed by atoms with van der Waals surface area (Å²) < 4.78 is 11.3. The Hall–Kier alpha value is -2.67. The zero-order valence-electron chi connectivity index (χ0n) is 14.5. The second kappa shape index (κ2) is 6.57. The van der Waals surface area contributed by atoms with Gasteiger partial charge in [-0.3, -0.25) is 10.1 Å². The van der Waals surface area contributed by atoms with Gasteiger partial charge in [-0.2, -0.15) is 0 Å². The van der Waals surface area contributed by atoms with Crippen molar-refractivity contribution < 1.29 is 18.9 Å². The van der Waals surface area contributed by atoms with Gasteiger partial charge < -0.3 is 14.1 Å². The molecule has 2 aromatic rings. The highest BCUT2D eigenvalue weighted by molar-refractivity contribution is 5.87. The molecule has 7 heteroatoms. The number of nitro benzene ring substituents is 1. The van der Waals surface area contributed by atoms with Crippen molar-refractivity contribution in [2.75, 3.05) is 7.05 Å². The Balaban J connectivity index is 1.42. The van der Waals surface area contributed by atoms with Gasteiger partial charge in [-0.05, 0) is 44.2 Å². The van der Waals surface area contributed by atoms with E-state index < -0.39 is 10.9 Å². The molecular formula is C19H20N2O5. The highest BCUT2D eigenvalue weighted by Gasteiger charge is 2.40. The fourth-order valence-corrected chi connectivity index (χ4v) is 4.02. The van der Waals surface area contributed by atoms with Crippen molar-refractivity contribution in [1.82, 2.24) is 4.90 Å². The first-order valence-corrected chi connectivity index (χ1v) is 8.79. The molecule has 3 heterocycles. The molecule has 0 saturated carbocycles. The molecule has 2 unspecified atom stereocenters. The molecule has 0 aliphatic carbocycles. The van der Waals surface area contributed by atoms with E-state index >= 15 is 0 Å². The summed E-state index contributed by atoms with van der Waals surface area (Å²) in [6.45, 7) is 0. The van der Waals surface area contributed by atoms with Crippen LogP contribution in [0, 0.1) is 10.1 Å². The smallest absolute Gasteiger partial charge is 0.374 e. The Kier molecular flexibility index (Phi) is 4.24. The van der Waals surface area contributed by atoms with Gasteiger partial charge in [-0.25, -0.2) is 4.79 Å². The normalized spacial score (nSPS) is 25.2. The van der Waals surface area contributed by atoms with Gasteiger partial charge in [-0.15, -0.1) is 0 Å². The fourth-order valence-electron chi connectivity index (χ4n) is 4.02. The van der Waals surface area contributed by atoms with Gasteiger partial charge in [0.2, 0.25) is 5.76 Å². The predicted molar refractivity (Wildman–Crippen MR) is 93.8 cm³/mol. The third-order valence-corrected chi connectivity index (χ3v) is 5.50. The number of hydrogen-bond acceptors (Lipinski definition) is 6. The largest absolute Gasteiger partial charge is 0.456 e. The number of fused-ring (bicyclic) bond motifs is 2. The maximum absolute atomic E-state index is 12.4. The maximum Gasteiger partial charge on any atom is 0.374 e. The van der Waals surface area contributed by atoms with E-state index in [4.69, 9.17) is 9.15 Å². The van der Waals surface area contributed by atoms with E-state index in [1.165, 1.54) is 25.0 Å². The summed E-state index contributed by atoms with van der Waals surface area (Å²) >= 11 is 0. The lowest BCUT2D eigenvalue weighted by Crippen LogP contribution is -2.43. The topological polar surface area (TPSA) is 85.8 Å². The number of non-ortho nitro benzene ring substituents is 1. The first kappa shape index (κ1) is 16.8. The van der Waals surface area contributed by atoms with E-state index in [0.717, 1.165) is 12.8 Å². The van der Waals surface area contributed by atoms with Gasteiger partial charge in [0.05, 0.1) is 4.92 Å². The molecule has 0 radical (unpaired) electrons. The van der Waals surface area contributed by atoms with E-state index in [0.29, 0.717) is 23.4 Å². The van der Waals surface area contributed by atoms with E-state index in [1.54, 1.807) is 24.3 Å². The second-order valence-electron chi connectivity index (χ2n) is 7.02. The summed E-state index contributed by atoms with van der Waals surface area (Å²) in [6, 6.07) is 10.3. The number of furan rings is 1. The first-order valence-electron chi connectivity index (χ1n) is 8.79. The number of benzene rings is 1. The van der Waals surface area contributed by atoms with E-state index in [-0.39, 0.29) is 17.6 Å². The van der Waals surface area contributed by atoms with Crippen LogP contribution in [0.3, 0.4) is 0 Å². The Morgan fingerprint density at radius 2 is 1.81 bits per heavy atom. The summed E-state index contributed by atoms with van der Waals surface area (Å²) in [6.07, 6.45) is 4.01.